The summed E-state index contributed by atoms with van der Waals surface area (Å²) in [5, 5.41) is 0. The lowest BCUT2D eigenvalue weighted by Crippen LogP contribution is -2.38. The zero-order valence-electron chi connectivity index (χ0n) is 9.22. The van der Waals surface area contributed by atoms with Gasteiger partial charge in [-0.3, -0.25) is 4.41 Å². The van der Waals surface area contributed by atoms with Gasteiger partial charge in [0.05, 0.1) is 0 Å². The normalized spacial score (nSPS) is 18.4. The second-order valence-electron chi connectivity index (χ2n) is 4.92. The summed E-state index contributed by atoms with van der Waals surface area (Å²) in [4.78, 5) is 0. The first-order chi connectivity index (χ1) is 5.83. The van der Waals surface area contributed by atoms with Gasteiger partial charge in [-0.15, -0.1) is 0 Å². The van der Waals surface area contributed by atoms with E-state index in [1.165, 1.54) is 0 Å². The van der Waals surface area contributed by atoms with Crippen LogP contribution < -0.4 is 5.43 Å². The van der Waals surface area contributed by atoms with E-state index < -0.39 is 0 Å². The van der Waals surface area contributed by atoms with E-state index in [-0.39, 0.29) is 4.75 Å². The standard InChI is InChI=1S/C10H20N2S/c1-9(2,3)10(4,5)13-12-8-6-7-11-12/h6,8,11H,7H2,1-5H3. The van der Waals surface area contributed by atoms with Crippen molar-refractivity contribution in [3.8, 4) is 0 Å². The molecule has 0 aromatic rings. The molecule has 0 saturated heterocycles. The fourth-order valence-electron chi connectivity index (χ4n) is 0.789. The Bertz CT molecular complexity index is 203. The van der Waals surface area contributed by atoms with Crippen molar-refractivity contribution in [1.82, 2.24) is 9.84 Å². The van der Waals surface area contributed by atoms with Gasteiger partial charge >= 0.3 is 0 Å². The minimum Gasteiger partial charge on any atom is -0.257 e. The Labute approximate surface area is 85.9 Å². The average molecular weight is 200 g/mol. The highest BCUT2D eigenvalue weighted by molar-refractivity contribution is 7.98. The van der Waals surface area contributed by atoms with Gasteiger partial charge in [0.15, 0.2) is 0 Å². The fourth-order valence-corrected chi connectivity index (χ4v) is 1.84. The Morgan fingerprint density at radius 1 is 1.23 bits per heavy atom. The van der Waals surface area contributed by atoms with Gasteiger partial charge in [-0.2, -0.15) is 0 Å². The molecule has 3 heteroatoms. The molecule has 0 aromatic carbocycles. The third-order valence-electron chi connectivity index (χ3n) is 2.74. The Morgan fingerprint density at radius 3 is 2.23 bits per heavy atom. The molecule has 13 heavy (non-hydrogen) atoms. The van der Waals surface area contributed by atoms with Crippen molar-refractivity contribution in [2.45, 2.75) is 39.4 Å². The zero-order valence-corrected chi connectivity index (χ0v) is 10.0. The van der Waals surface area contributed by atoms with Gasteiger partial charge in [0, 0.05) is 17.5 Å². The minimum absolute atomic E-state index is 0.231. The Kier molecular flexibility index (Phi) is 2.98. The number of nitrogens with zero attached hydrogens (tertiary/aromatic N) is 1. The molecule has 0 aromatic heterocycles. The van der Waals surface area contributed by atoms with E-state index in [0.717, 1.165) is 6.54 Å². The highest BCUT2D eigenvalue weighted by atomic mass is 32.2. The van der Waals surface area contributed by atoms with Crippen molar-refractivity contribution in [3.63, 3.8) is 0 Å². The SMILES string of the molecule is CC(C)(C)C(C)(C)SN1C=CCN1. The topological polar surface area (TPSA) is 15.3 Å². The predicted molar refractivity (Wildman–Crippen MR) is 60.1 cm³/mol. The summed E-state index contributed by atoms with van der Waals surface area (Å²) < 4.78 is 2.33. The van der Waals surface area contributed by atoms with Crippen molar-refractivity contribution in [1.29, 1.82) is 0 Å². The molecule has 0 spiro atoms. The molecule has 0 atom stereocenters. The fraction of sp³-hybridized carbons (Fsp3) is 0.800. The van der Waals surface area contributed by atoms with Crippen LogP contribution in [-0.2, 0) is 0 Å². The van der Waals surface area contributed by atoms with E-state index >= 15 is 0 Å². The minimum atomic E-state index is 0.231. The van der Waals surface area contributed by atoms with Crippen LogP contribution in [0.2, 0.25) is 0 Å². The molecule has 1 heterocycles. The van der Waals surface area contributed by atoms with Gasteiger partial charge in [0.1, 0.15) is 0 Å². The third kappa shape index (κ3) is 2.64. The van der Waals surface area contributed by atoms with Gasteiger partial charge in [-0.1, -0.05) is 26.8 Å². The van der Waals surface area contributed by atoms with Crippen LogP contribution in [0.4, 0.5) is 0 Å². The molecule has 0 aliphatic carbocycles. The number of hydrogen-bond donors (Lipinski definition) is 1. The third-order valence-corrected chi connectivity index (χ3v) is 4.25. The van der Waals surface area contributed by atoms with Crippen LogP contribution in [-0.4, -0.2) is 15.7 Å². The van der Waals surface area contributed by atoms with E-state index in [1.807, 2.05) is 11.9 Å². The zero-order chi connectivity index (χ0) is 10.1. The molecule has 0 saturated carbocycles. The molecule has 0 bridgehead atoms. The van der Waals surface area contributed by atoms with Crippen LogP contribution in [0.1, 0.15) is 34.6 Å². The van der Waals surface area contributed by atoms with Crippen LogP contribution in [0, 0.1) is 5.41 Å². The Balaban J connectivity index is 2.55. The first-order valence-corrected chi connectivity index (χ1v) is 5.49. The Morgan fingerprint density at radius 2 is 1.85 bits per heavy atom. The molecule has 1 aliphatic rings. The summed E-state index contributed by atoms with van der Waals surface area (Å²) in [7, 11) is 0. The molecule has 1 aliphatic heterocycles. The van der Waals surface area contributed by atoms with Gasteiger partial charge in [0.25, 0.3) is 0 Å². The monoisotopic (exact) mass is 200 g/mol. The first kappa shape index (κ1) is 10.9. The highest BCUT2D eigenvalue weighted by Crippen LogP contribution is 2.42. The summed E-state index contributed by atoms with van der Waals surface area (Å²) in [6.45, 7) is 12.4. The van der Waals surface area contributed by atoms with Crippen molar-refractivity contribution >= 4 is 11.9 Å². The molecular formula is C10H20N2S. The van der Waals surface area contributed by atoms with Gasteiger partial charge in [-0.05, 0) is 31.2 Å². The van der Waals surface area contributed by atoms with E-state index in [1.54, 1.807) is 0 Å². The van der Waals surface area contributed by atoms with E-state index in [9.17, 15) is 0 Å². The molecule has 0 unspecified atom stereocenters. The van der Waals surface area contributed by atoms with E-state index in [4.69, 9.17) is 0 Å². The van der Waals surface area contributed by atoms with Crippen molar-refractivity contribution < 1.29 is 0 Å². The predicted octanol–water partition coefficient (Wildman–Crippen LogP) is 2.79. The summed E-state index contributed by atoms with van der Waals surface area (Å²) in [6, 6.07) is 0. The van der Waals surface area contributed by atoms with Gasteiger partial charge in [0.2, 0.25) is 0 Å². The summed E-state index contributed by atoms with van der Waals surface area (Å²) in [5.74, 6) is 0. The number of rotatable bonds is 2. The van der Waals surface area contributed by atoms with Crippen molar-refractivity contribution in [3.05, 3.63) is 12.3 Å². The van der Waals surface area contributed by atoms with Crippen LogP contribution in [0.15, 0.2) is 12.3 Å². The molecule has 1 N–H and O–H groups in total. The highest BCUT2D eigenvalue weighted by Gasteiger charge is 2.35. The second kappa shape index (κ2) is 3.54. The molecular weight excluding hydrogens is 180 g/mol. The molecule has 0 radical (unpaired) electrons. The quantitative estimate of drug-likeness (QED) is 0.690. The van der Waals surface area contributed by atoms with Crippen LogP contribution in [0.25, 0.3) is 0 Å². The van der Waals surface area contributed by atoms with Gasteiger partial charge < -0.3 is 0 Å². The van der Waals surface area contributed by atoms with Crippen molar-refractivity contribution in [2.24, 2.45) is 5.41 Å². The number of hydrazine groups is 1. The molecule has 0 fully saturated rings. The van der Waals surface area contributed by atoms with Crippen LogP contribution in [0.5, 0.6) is 0 Å². The van der Waals surface area contributed by atoms with Crippen molar-refractivity contribution in [2.75, 3.05) is 6.54 Å². The lowest BCUT2D eigenvalue weighted by Gasteiger charge is -2.39. The second-order valence-corrected chi connectivity index (χ2v) is 6.52. The molecule has 0 amide bonds. The van der Waals surface area contributed by atoms with E-state index in [0.29, 0.717) is 5.41 Å². The first-order valence-electron chi connectivity index (χ1n) is 4.71. The number of nitrogens with one attached hydrogen (secondary N) is 1. The maximum atomic E-state index is 3.27. The summed E-state index contributed by atoms with van der Waals surface area (Å²) in [5.41, 5.74) is 3.57. The lowest BCUT2D eigenvalue weighted by atomic mass is 9.83. The largest absolute Gasteiger partial charge is 0.257 e. The maximum Gasteiger partial charge on any atom is 0.0365 e. The lowest BCUT2D eigenvalue weighted by molar-refractivity contribution is 0.311. The molecule has 2 nitrogen and oxygen atoms in total. The summed E-state index contributed by atoms with van der Waals surface area (Å²) >= 11 is 1.85. The van der Waals surface area contributed by atoms with Crippen LogP contribution in [0.3, 0.4) is 0 Å². The number of hydrogen-bond acceptors (Lipinski definition) is 3. The Hall–Kier alpha value is -0.150. The molecule has 76 valence electrons. The average Bonchev–Trinajstić information content (AvgIpc) is 2.35. The smallest absolute Gasteiger partial charge is 0.0365 e. The van der Waals surface area contributed by atoms with Gasteiger partial charge in [-0.25, -0.2) is 5.43 Å². The van der Waals surface area contributed by atoms with E-state index in [2.05, 4.69) is 56.7 Å². The molecule has 1 rings (SSSR count). The maximum absolute atomic E-state index is 3.27. The van der Waals surface area contributed by atoms with Crippen LogP contribution >= 0.6 is 11.9 Å². The summed E-state index contributed by atoms with van der Waals surface area (Å²) in [6.07, 6.45) is 4.23.